The standard InChI is InChI=1S/C12H18N2OS/c13-9-11-5-6-12(16-11)10-14-7-3-1-2-4-8-15/h5-6,14-15H,1-4,7-8,10H2. The topological polar surface area (TPSA) is 56.0 Å². The van der Waals surface area contributed by atoms with Crippen molar-refractivity contribution in [3.05, 3.63) is 21.9 Å². The van der Waals surface area contributed by atoms with E-state index in [0.717, 1.165) is 37.2 Å². The van der Waals surface area contributed by atoms with E-state index in [9.17, 15) is 0 Å². The lowest BCUT2D eigenvalue weighted by atomic mass is 10.2. The van der Waals surface area contributed by atoms with Crippen molar-refractivity contribution >= 4 is 11.3 Å². The molecule has 0 saturated carbocycles. The first-order chi connectivity index (χ1) is 7.86. The zero-order valence-corrected chi connectivity index (χ0v) is 10.2. The Morgan fingerprint density at radius 2 is 2.06 bits per heavy atom. The molecular formula is C12H18N2OS. The molecule has 0 aromatic carbocycles. The third-order valence-corrected chi connectivity index (χ3v) is 3.32. The molecule has 1 heterocycles. The number of aliphatic hydroxyl groups is 1. The van der Waals surface area contributed by atoms with Crippen molar-refractivity contribution in [2.45, 2.75) is 32.2 Å². The predicted octanol–water partition coefficient (Wildman–Crippen LogP) is 2.26. The smallest absolute Gasteiger partial charge is 0.110 e. The number of hydrogen-bond donors (Lipinski definition) is 2. The van der Waals surface area contributed by atoms with E-state index in [1.165, 1.54) is 11.3 Å². The number of unbranched alkanes of at least 4 members (excludes halogenated alkanes) is 3. The van der Waals surface area contributed by atoms with Gasteiger partial charge in [0, 0.05) is 18.0 Å². The number of rotatable bonds is 8. The van der Waals surface area contributed by atoms with E-state index in [0.29, 0.717) is 6.61 Å². The van der Waals surface area contributed by atoms with Crippen LogP contribution in [0.1, 0.15) is 35.4 Å². The van der Waals surface area contributed by atoms with Gasteiger partial charge in [-0.1, -0.05) is 12.8 Å². The van der Waals surface area contributed by atoms with Crippen LogP contribution < -0.4 is 5.32 Å². The largest absolute Gasteiger partial charge is 0.396 e. The molecule has 0 aliphatic carbocycles. The van der Waals surface area contributed by atoms with E-state index in [1.807, 2.05) is 12.1 Å². The van der Waals surface area contributed by atoms with Crippen molar-refractivity contribution in [3.63, 3.8) is 0 Å². The first-order valence-electron chi connectivity index (χ1n) is 5.67. The summed E-state index contributed by atoms with van der Waals surface area (Å²) in [6.07, 6.45) is 4.34. The lowest BCUT2D eigenvalue weighted by Crippen LogP contribution is -2.13. The maximum Gasteiger partial charge on any atom is 0.110 e. The summed E-state index contributed by atoms with van der Waals surface area (Å²) in [6, 6.07) is 6.01. The van der Waals surface area contributed by atoms with Crippen LogP contribution in [0.15, 0.2) is 12.1 Å². The quantitative estimate of drug-likeness (QED) is 0.683. The average molecular weight is 238 g/mol. The molecule has 88 valence electrons. The fourth-order valence-corrected chi connectivity index (χ4v) is 2.23. The lowest BCUT2D eigenvalue weighted by Gasteiger charge is -2.02. The summed E-state index contributed by atoms with van der Waals surface area (Å²) in [4.78, 5) is 1.99. The maximum atomic E-state index is 8.66. The summed E-state index contributed by atoms with van der Waals surface area (Å²) in [7, 11) is 0. The monoisotopic (exact) mass is 238 g/mol. The van der Waals surface area contributed by atoms with Gasteiger partial charge < -0.3 is 10.4 Å². The van der Waals surface area contributed by atoms with Gasteiger partial charge in [0.2, 0.25) is 0 Å². The summed E-state index contributed by atoms with van der Waals surface area (Å²) in [5.41, 5.74) is 0. The maximum absolute atomic E-state index is 8.66. The second-order valence-electron chi connectivity index (χ2n) is 3.69. The minimum Gasteiger partial charge on any atom is -0.396 e. The zero-order chi connectivity index (χ0) is 11.6. The number of aliphatic hydroxyl groups excluding tert-OH is 1. The van der Waals surface area contributed by atoms with Crippen molar-refractivity contribution in [2.24, 2.45) is 0 Å². The zero-order valence-electron chi connectivity index (χ0n) is 9.41. The molecule has 0 amide bonds. The molecule has 0 fully saturated rings. The van der Waals surface area contributed by atoms with E-state index >= 15 is 0 Å². The third kappa shape index (κ3) is 5.26. The van der Waals surface area contributed by atoms with Gasteiger partial charge in [0.15, 0.2) is 0 Å². The highest BCUT2D eigenvalue weighted by atomic mass is 32.1. The molecule has 2 N–H and O–H groups in total. The van der Waals surface area contributed by atoms with Crippen LogP contribution in [-0.4, -0.2) is 18.3 Å². The molecule has 1 aromatic rings. The van der Waals surface area contributed by atoms with Crippen molar-refractivity contribution in [1.29, 1.82) is 5.26 Å². The molecule has 1 rings (SSSR count). The molecule has 0 spiro atoms. The Morgan fingerprint density at radius 3 is 2.75 bits per heavy atom. The lowest BCUT2D eigenvalue weighted by molar-refractivity contribution is 0.282. The van der Waals surface area contributed by atoms with Gasteiger partial charge in [0.1, 0.15) is 10.9 Å². The van der Waals surface area contributed by atoms with E-state index in [4.69, 9.17) is 10.4 Å². The molecule has 0 aliphatic heterocycles. The fourth-order valence-electron chi connectivity index (χ4n) is 1.46. The third-order valence-electron chi connectivity index (χ3n) is 2.33. The van der Waals surface area contributed by atoms with Crippen molar-refractivity contribution in [1.82, 2.24) is 5.32 Å². The highest BCUT2D eigenvalue weighted by molar-refractivity contribution is 7.12. The van der Waals surface area contributed by atoms with E-state index in [-0.39, 0.29) is 0 Å². The summed E-state index contributed by atoms with van der Waals surface area (Å²) in [5.74, 6) is 0. The van der Waals surface area contributed by atoms with Crippen LogP contribution in [-0.2, 0) is 6.54 Å². The molecule has 4 heteroatoms. The van der Waals surface area contributed by atoms with Crippen molar-refractivity contribution < 1.29 is 5.11 Å². The summed E-state index contributed by atoms with van der Waals surface area (Å²) in [6.45, 7) is 2.16. The molecule has 1 aromatic heterocycles. The number of nitrogens with one attached hydrogen (secondary N) is 1. The van der Waals surface area contributed by atoms with Crippen LogP contribution in [0.25, 0.3) is 0 Å². The normalized spacial score (nSPS) is 10.2. The fraction of sp³-hybridized carbons (Fsp3) is 0.583. The van der Waals surface area contributed by atoms with Gasteiger partial charge in [-0.2, -0.15) is 5.26 Å². The number of thiophene rings is 1. The first kappa shape index (κ1) is 13.2. The molecule has 0 atom stereocenters. The van der Waals surface area contributed by atoms with Gasteiger partial charge in [0.05, 0.1) is 0 Å². The van der Waals surface area contributed by atoms with Gasteiger partial charge >= 0.3 is 0 Å². The van der Waals surface area contributed by atoms with Crippen LogP contribution in [0.4, 0.5) is 0 Å². The second-order valence-corrected chi connectivity index (χ2v) is 4.86. The Balaban J connectivity index is 2.01. The predicted molar refractivity (Wildman–Crippen MR) is 66.3 cm³/mol. The van der Waals surface area contributed by atoms with Crippen LogP contribution >= 0.6 is 11.3 Å². The summed E-state index contributed by atoms with van der Waals surface area (Å²) >= 11 is 1.55. The van der Waals surface area contributed by atoms with Gasteiger partial charge in [-0.25, -0.2) is 0 Å². The Bertz CT molecular complexity index is 330. The Kier molecular flexibility index (Phi) is 6.82. The average Bonchev–Trinajstić information content (AvgIpc) is 2.76. The van der Waals surface area contributed by atoms with Crippen LogP contribution in [0.2, 0.25) is 0 Å². The molecular weight excluding hydrogens is 220 g/mol. The molecule has 0 saturated heterocycles. The molecule has 0 aliphatic rings. The van der Waals surface area contributed by atoms with E-state index in [2.05, 4.69) is 11.4 Å². The summed E-state index contributed by atoms with van der Waals surface area (Å²) < 4.78 is 0. The highest BCUT2D eigenvalue weighted by Crippen LogP contribution is 2.14. The molecule has 0 bridgehead atoms. The highest BCUT2D eigenvalue weighted by Gasteiger charge is 1.98. The molecule has 0 radical (unpaired) electrons. The molecule has 3 nitrogen and oxygen atoms in total. The molecule has 16 heavy (non-hydrogen) atoms. The second kappa shape index (κ2) is 8.28. The van der Waals surface area contributed by atoms with Crippen molar-refractivity contribution in [3.8, 4) is 6.07 Å². The van der Waals surface area contributed by atoms with E-state index < -0.39 is 0 Å². The number of nitriles is 1. The first-order valence-corrected chi connectivity index (χ1v) is 6.49. The van der Waals surface area contributed by atoms with Gasteiger partial charge in [0.25, 0.3) is 0 Å². The Labute approximate surface area is 101 Å². The van der Waals surface area contributed by atoms with Crippen LogP contribution in [0.5, 0.6) is 0 Å². The van der Waals surface area contributed by atoms with Gasteiger partial charge in [-0.05, 0) is 31.5 Å². The summed E-state index contributed by atoms with van der Waals surface area (Å²) in [5, 5.41) is 20.6. The van der Waals surface area contributed by atoms with Gasteiger partial charge in [-0.3, -0.25) is 0 Å². The van der Waals surface area contributed by atoms with E-state index in [1.54, 1.807) is 11.3 Å². The SMILES string of the molecule is N#Cc1ccc(CNCCCCCCO)s1. The number of nitrogens with zero attached hydrogens (tertiary/aromatic N) is 1. The minimum absolute atomic E-state index is 0.305. The van der Waals surface area contributed by atoms with Crippen LogP contribution in [0, 0.1) is 11.3 Å². The number of hydrogen-bond acceptors (Lipinski definition) is 4. The Morgan fingerprint density at radius 1 is 1.25 bits per heavy atom. The molecule has 0 unspecified atom stereocenters. The van der Waals surface area contributed by atoms with Crippen LogP contribution in [0.3, 0.4) is 0 Å². The van der Waals surface area contributed by atoms with Crippen molar-refractivity contribution in [2.75, 3.05) is 13.2 Å². The minimum atomic E-state index is 0.305. The van der Waals surface area contributed by atoms with Gasteiger partial charge in [-0.15, -0.1) is 11.3 Å². The Hall–Kier alpha value is -0.890.